The lowest BCUT2D eigenvalue weighted by atomic mass is 9.94. The predicted molar refractivity (Wildman–Crippen MR) is 102 cm³/mol. The zero-order valence-corrected chi connectivity index (χ0v) is 15.3. The normalized spacial score (nSPS) is 20.5. The Balaban J connectivity index is 1.34. The van der Waals surface area contributed by atoms with E-state index in [0.29, 0.717) is 19.3 Å². The summed E-state index contributed by atoms with van der Waals surface area (Å²) in [6.45, 7) is 2.85. The topological polar surface area (TPSA) is 59.0 Å². The minimum atomic E-state index is -0.664. The monoisotopic (exact) mass is 367 g/mol. The Morgan fingerprint density at radius 2 is 1.93 bits per heavy atom. The molecule has 142 valence electrons. The van der Waals surface area contributed by atoms with Gasteiger partial charge in [0.2, 0.25) is 0 Å². The first-order valence-corrected chi connectivity index (χ1v) is 9.58. The number of nitrogens with zero attached hydrogens (tertiary/aromatic N) is 1. The van der Waals surface area contributed by atoms with Crippen molar-refractivity contribution in [2.75, 3.05) is 19.7 Å². The first-order chi connectivity index (χ1) is 13.2. The van der Waals surface area contributed by atoms with E-state index >= 15 is 0 Å². The second kappa shape index (κ2) is 8.01. The summed E-state index contributed by atoms with van der Waals surface area (Å²) >= 11 is 0. The van der Waals surface area contributed by atoms with E-state index in [-0.39, 0.29) is 5.92 Å². The number of benzene rings is 2. The van der Waals surface area contributed by atoms with Gasteiger partial charge >= 0.3 is 5.97 Å². The molecule has 4 rings (SSSR count). The van der Waals surface area contributed by atoms with Crippen LogP contribution in [0.25, 0.3) is 0 Å². The molecule has 0 aliphatic carbocycles. The van der Waals surface area contributed by atoms with E-state index in [4.69, 9.17) is 14.6 Å². The standard InChI is InChI=1S/C22H25NO4/c24-22(25)17-8-10-23(11-9-17)19-12-18-6-7-20(13-21(18)27-15-19)26-14-16-4-2-1-3-5-16/h1-7,13,17,19H,8-12,14-15H2,(H,24,25). The van der Waals surface area contributed by atoms with Crippen molar-refractivity contribution in [3.8, 4) is 11.5 Å². The van der Waals surface area contributed by atoms with Gasteiger partial charge in [0.25, 0.3) is 0 Å². The number of fused-ring (bicyclic) bond motifs is 1. The van der Waals surface area contributed by atoms with Crippen molar-refractivity contribution in [3.05, 3.63) is 59.7 Å². The predicted octanol–water partition coefficient (Wildman–Crippen LogP) is 3.37. The number of carboxylic acid groups (broad SMARTS) is 1. The van der Waals surface area contributed by atoms with E-state index in [0.717, 1.165) is 49.4 Å². The van der Waals surface area contributed by atoms with Gasteiger partial charge in [-0.2, -0.15) is 0 Å². The molecule has 0 aromatic heterocycles. The molecule has 1 N–H and O–H groups in total. The average Bonchev–Trinajstić information content (AvgIpc) is 2.72. The molecule has 2 heterocycles. The number of carboxylic acids is 1. The third kappa shape index (κ3) is 4.25. The summed E-state index contributed by atoms with van der Waals surface area (Å²) in [6, 6.07) is 16.5. The highest BCUT2D eigenvalue weighted by atomic mass is 16.5. The largest absolute Gasteiger partial charge is 0.492 e. The number of hydrogen-bond acceptors (Lipinski definition) is 4. The summed E-state index contributed by atoms with van der Waals surface area (Å²) in [7, 11) is 0. The van der Waals surface area contributed by atoms with Gasteiger partial charge in [-0.15, -0.1) is 0 Å². The second-order valence-electron chi connectivity index (χ2n) is 7.36. The average molecular weight is 367 g/mol. The van der Waals surface area contributed by atoms with Crippen molar-refractivity contribution in [3.63, 3.8) is 0 Å². The first kappa shape index (κ1) is 17.9. The van der Waals surface area contributed by atoms with Crippen molar-refractivity contribution in [2.45, 2.75) is 31.9 Å². The van der Waals surface area contributed by atoms with Crippen molar-refractivity contribution in [2.24, 2.45) is 5.92 Å². The van der Waals surface area contributed by atoms with E-state index < -0.39 is 5.97 Å². The third-order valence-electron chi connectivity index (χ3n) is 5.57. The maximum absolute atomic E-state index is 11.1. The first-order valence-electron chi connectivity index (χ1n) is 9.58. The molecule has 0 amide bonds. The van der Waals surface area contributed by atoms with Crippen LogP contribution in [0.2, 0.25) is 0 Å². The lowest BCUT2D eigenvalue weighted by molar-refractivity contribution is -0.143. The molecular formula is C22H25NO4. The fourth-order valence-corrected chi connectivity index (χ4v) is 3.91. The number of aliphatic carboxylic acids is 1. The summed E-state index contributed by atoms with van der Waals surface area (Å²) < 4.78 is 11.9. The third-order valence-corrected chi connectivity index (χ3v) is 5.57. The molecule has 1 atom stereocenters. The molecule has 0 radical (unpaired) electrons. The van der Waals surface area contributed by atoms with Gasteiger partial charge in [-0.3, -0.25) is 9.69 Å². The Bertz CT molecular complexity index is 784. The summed E-state index contributed by atoms with van der Waals surface area (Å²) in [5.41, 5.74) is 2.33. The van der Waals surface area contributed by atoms with Gasteiger partial charge in [-0.25, -0.2) is 0 Å². The van der Waals surface area contributed by atoms with Crippen LogP contribution in [0.4, 0.5) is 0 Å². The second-order valence-corrected chi connectivity index (χ2v) is 7.36. The maximum atomic E-state index is 11.1. The van der Waals surface area contributed by atoms with Crippen LogP contribution in [0.15, 0.2) is 48.5 Å². The number of piperidine rings is 1. The highest BCUT2D eigenvalue weighted by Crippen LogP contribution is 2.32. The van der Waals surface area contributed by atoms with Crippen molar-refractivity contribution in [1.82, 2.24) is 4.90 Å². The molecule has 1 fully saturated rings. The van der Waals surface area contributed by atoms with Crippen LogP contribution in [0.5, 0.6) is 11.5 Å². The number of rotatable bonds is 5. The van der Waals surface area contributed by atoms with E-state index in [1.54, 1.807) is 0 Å². The molecule has 5 heteroatoms. The minimum absolute atomic E-state index is 0.192. The molecule has 2 aromatic rings. The minimum Gasteiger partial charge on any atom is -0.492 e. The van der Waals surface area contributed by atoms with Crippen LogP contribution in [-0.2, 0) is 17.8 Å². The lowest BCUT2D eigenvalue weighted by Crippen LogP contribution is -2.47. The SMILES string of the molecule is O=C(O)C1CCN(C2COc3cc(OCc4ccccc4)ccc3C2)CC1. The van der Waals surface area contributed by atoms with Crippen LogP contribution in [0.1, 0.15) is 24.0 Å². The van der Waals surface area contributed by atoms with Gasteiger partial charge in [0.1, 0.15) is 24.7 Å². The lowest BCUT2D eigenvalue weighted by Gasteiger charge is -2.38. The van der Waals surface area contributed by atoms with Crippen LogP contribution in [0.3, 0.4) is 0 Å². The zero-order chi connectivity index (χ0) is 18.6. The van der Waals surface area contributed by atoms with Gasteiger partial charge in [0, 0.05) is 12.1 Å². The molecule has 2 aromatic carbocycles. The quantitative estimate of drug-likeness (QED) is 0.878. The molecule has 0 spiro atoms. The summed E-state index contributed by atoms with van der Waals surface area (Å²) in [5, 5.41) is 9.15. The van der Waals surface area contributed by atoms with Crippen LogP contribution in [0, 0.1) is 5.92 Å². The fraction of sp³-hybridized carbons (Fsp3) is 0.409. The van der Waals surface area contributed by atoms with Gasteiger partial charge < -0.3 is 14.6 Å². The highest BCUT2D eigenvalue weighted by Gasteiger charge is 2.31. The summed E-state index contributed by atoms with van der Waals surface area (Å²) in [4.78, 5) is 13.5. The van der Waals surface area contributed by atoms with E-state index in [1.165, 1.54) is 5.56 Å². The van der Waals surface area contributed by atoms with E-state index in [1.807, 2.05) is 42.5 Å². The zero-order valence-electron chi connectivity index (χ0n) is 15.3. The van der Waals surface area contributed by atoms with Crippen molar-refractivity contribution < 1.29 is 19.4 Å². The van der Waals surface area contributed by atoms with Gasteiger partial charge in [-0.05, 0) is 49.5 Å². The number of ether oxygens (including phenoxy) is 2. The number of likely N-dealkylation sites (tertiary alicyclic amines) is 1. The molecule has 0 saturated carbocycles. The van der Waals surface area contributed by atoms with Crippen LogP contribution in [-0.4, -0.2) is 41.7 Å². The molecule has 27 heavy (non-hydrogen) atoms. The summed E-state index contributed by atoms with van der Waals surface area (Å²) in [5.74, 6) is 0.862. The maximum Gasteiger partial charge on any atom is 0.306 e. The van der Waals surface area contributed by atoms with Crippen LogP contribution >= 0.6 is 0 Å². The molecule has 1 unspecified atom stereocenters. The Morgan fingerprint density at radius 1 is 1.15 bits per heavy atom. The fourth-order valence-electron chi connectivity index (χ4n) is 3.91. The summed E-state index contributed by atoms with van der Waals surface area (Å²) in [6.07, 6.45) is 2.39. The molecular weight excluding hydrogens is 342 g/mol. The van der Waals surface area contributed by atoms with E-state index in [9.17, 15) is 4.79 Å². The Morgan fingerprint density at radius 3 is 2.67 bits per heavy atom. The van der Waals surface area contributed by atoms with Gasteiger partial charge in [0.05, 0.1) is 5.92 Å². The Labute approximate surface area is 159 Å². The van der Waals surface area contributed by atoms with Crippen molar-refractivity contribution in [1.29, 1.82) is 0 Å². The van der Waals surface area contributed by atoms with E-state index in [2.05, 4.69) is 11.0 Å². The smallest absolute Gasteiger partial charge is 0.306 e. The molecule has 2 aliphatic heterocycles. The Kier molecular flexibility index (Phi) is 5.30. The Hall–Kier alpha value is -2.53. The van der Waals surface area contributed by atoms with Gasteiger partial charge in [-0.1, -0.05) is 36.4 Å². The molecule has 0 bridgehead atoms. The van der Waals surface area contributed by atoms with Crippen molar-refractivity contribution >= 4 is 5.97 Å². The van der Waals surface area contributed by atoms with Gasteiger partial charge in [0.15, 0.2) is 0 Å². The molecule has 2 aliphatic rings. The number of carbonyl (C=O) groups is 1. The molecule has 5 nitrogen and oxygen atoms in total. The number of hydrogen-bond donors (Lipinski definition) is 1. The highest BCUT2D eigenvalue weighted by molar-refractivity contribution is 5.70. The van der Waals surface area contributed by atoms with Crippen LogP contribution < -0.4 is 9.47 Å². The molecule has 1 saturated heterocycles.